The van der Waals surface area contributed by atoms with Gasteiger partial charge in [0.05, 0.1) is 51.6 Å². The van der Waals surface area contributed by atoms with E-state index < -0.39 is 0 Å². The van der Waals surface area contributed by atoms with Gasteiger partial charge in [-0.25, -0.2) is 0 Å². The zero-order valence-corrected chi connectivity index (χ0v) is 23.3. The van der Waals surface area contributed by atoms with E-state index in [1.165, 1.54) is 11.3 Å². The van der Waals surface area contributed by atoms with E-state index in [-0.39, 0.29) is 17.1 Å². The Balaban J connectivity index is 1.36. The molecule has 0 unspecified atom stereocenters. The van der Waals surface area contributed by atoms with Crippen molar-refractivity contribution in [3.63, 3.8) is 0 Å². The summed E-state index contributed by atoms with van der Waals surface area (Å²) in [5.41, 5.74) is 6.21. The van der Waals surface area contributed by atoms with Crippen molar-refractivity contribution in [3.05, 3.63) is 66.2 Å². The van der Waals surface area contributed by atoms with Crippen LogP contribution in [-0.4, -0.2) is 41.8 Å². The summed E-state index contributed by atoms with van der Waals surface area (Å²) in [6.07, 6.45) is 9.12. The molecule has 0 radical (unpaired) electrons. The van der Waals surface area contributed by atoms with E-state index in [1.807, 2.05) is 51.2 Å². The van der Waals surface area contributed by atoms with Crippen molar-refractivity contribution in [2.24, 2.45) is 5.41 Å². The highest BCUT2D eigenvalue weighted by atomic mass is 32.1. The largest absolute Gasteiger partial charge is 0.352 e. The molecule has 0 aromatic carbocycles. The summed E-state index contributed by atoms with van der Waals surface area (Å²) in [4.78, 5) is 42.8. The Kier molecular flexibility index (Phi) is 6.26. The number of fused-ring (bicyclic) bond motifs is 2. The van der Waals surface area contributed by atoms with Crippen molar-refractivity contribution < 1.29 is 9.59 Å². The van der Waals surface area contributed by atoms with Gasteiger partial charge in [0.25, 0.3) is 0 Å². The third kappa shape index (κ3) is 5.01. The Labute approximate surface area is 234 Å². The third-order valence-electron chi connectivity index (χ3n) is 6.48. The number of ketones is 1. The molecule has 0 aliphatic rings. The van der Waals surface area contributed by atoms with Crippen molar-refractivity contribution in [2.75, 3.05) is 5.32 Å². The molecule has 10 heteroatoms. The molecule has 40 heavy (non-hydrogen) atoms. The maximum absolute atomic E-state index is 12.4. The summed E-state index contributed by atoms with van der Waals surface area (Å²) in [5.74, 6) is -0.00806. The molecule has 0 atom stereocenters. The fourth-order valence-electron chi connectivity index (χ4n) is 4.66. The number of aromatic amines is 2. The molecule has 6 rings (SSSR count). The van der Waals surface area contributed by atoms with Gasteiger partial charge in [-0.2, -0.15) is 5.10 Å². The number of rotatable bonds is 6. The van der Waals surface area contributed by atoms with Crippen molar-refractivity contribution in [1.29, 1.82) is 0 Å². The SMILES string of the molecule is CC(=O)c1ccc(-c2cncc3[nH]c(-c4n[nH]c5cnc(-c6cncc(NC(=O)CC(C)(C)C)c6)cc45)cc23)s1. The summed E-state index contributed by atoms with van der Waals surface area (Å²) in [5, 5.41) is 12.5. The minimum Gasteiger partial charge on any atom is -0.352 e. The van der Waals surface area contributed by atoms with Gasteiger partial charge in [-0.1, -0.05) is 20.8 Å². The van der Waals surface area contributed by atoms with Crippen LogP contribution in [0.25, 0.3) is 54.9 Å². The first-order valence-electron chi connectivity index (χ1n) is 12.8. The highest BCUT2D eigenvalue weighted by molar-refractivity contribution is 7.17. The van der Waals surface area contributed by atoms with E-state index >= 15 is 0 Å². The van der Waals surface area contributed by atoms with Crippen LogP contribution in [0.2, 0.25) is 0 Å². The highest BCUT2D eigenvalue weighted by Crippen LogP contribution is 2.37. The van der Waals surface area contributed by atoms with Gasteiger partial charge in [-0.15, -0.1) is 11.3 Å². The van der Waals surface area contributed by atoms with Crippen LogP contribution in [0.1, 0.15) is 43.8 Å². The summed E-state index contributed by atoms with van der Waals surface area (Å²) < 4.78 is 0. The van der Waals surface area contributed by atoms with Gasteiger partial charge in [0.1, 0.15) is 5.69 Å². The van der Waals surface area contributed by atoms with E-state index in [0.717, 1.165) is 49.2 Å². The molecule has 0 spiro atoms. The Bertz CT molecular complexity index is 1910. The van der Waals surface area contributed by atoms with Gasteiger partial charge in [0.2, 0.25) is 5.91 Å². The van der Waals surface area contributed by atoms with Crippen LogP contribution in [0.5, 0.6) is 0 Å². The minimum absolute atomic E-state index is 0.0478. The van der Waals surface area contributed by atoms with Crippen LogP contribution in [0.4, 0.5) is 5.69 Å². The molecular formula is C30H27N7O2S. The highest BCUT2D eigenvalue weighted by Gasteiger charge is 2.18. The molecule has 6 aromatic heterocycles. The summed E-state index contributed by atoms with van der Waals surface area (Å²) in [6.45, 7) is 7.66. The molecule has 0 fully saturated rings. The first-order chi connectivity index (χ1) is 19.1. The number of hydrogen-bond donors (Lipinski definition) is 3. The summed E-state index contributed by atoms with van der Waals surface area (Å²) >= 11 is 1.46. The van der Waals surface area contributed by atoms with Crippen LogP contribution < -0.4 is 5.32 Å². The molecule has 0 saturated heterocycles. The van der Waals surface area contributed by atoms with E-state index in [0.29, 0.717) is 22.7 Å². The molecule has 0 aliphatic heterocycles. The Morgan fingerprint density at radius 3 is 2.55 bits per heavy atom. The number of nitrogens with one attached hydrogen (secondary N) is 3. The number of nitrogens with zero attached hydrogens (tertiary/aromatic N) is 4. The van der Waals surface area contributed by atoms with E-state index in [2.05, 4.69) is 41.5 Å². The maximum Gasteiger partial charge on any atom is 0.224 e. The van der Waals surface area contributed by atoms with Gasteiger partial charge in [0, 0.05) is 45.6 Å². The van der Waals surface area contributed by atoms with Crippen molar-refractivity contribution in [1.82, 2.24) is 30.1 Å². The van der Waals surface area contributed by atoms with Crippen LogP contribution in [-0.2, 0) is 4.79 Å². The summed E-state index contributed by atoms with van der Waals surface area (Å²) in [6, 6.07) is 9.71. The molecule has 3 N–H and O–H groups in total. The first kappa shape index (κ1) is 25.6. The van der Waals surface area contributed by atoms with Gasteiger partial charge < -0.3 is 10.3 Å². The fourth-order valence-corrected chi connectivity index (χ4v) is 5.59. The Morgan fingerprint density at radius 1 is 0.950 bits per heavy atom. The van der Waals surface area contributed by atoms with E-state index in [9.17, 15) is 9.59 Å². The maximum atomic E-state index is 12.4. The second-order valence-electron chi connectivity index (χ2n) is 11.0. The number of carbonyl (C=O) groups excluding carboxylic acids is 2. The molecule has 6 aromatic rings. The second kappa shape index (κ2) is 9.80. The molecular weight excluding hydrogens is 522 g/mol. The third-order valence-corrected chi connectivity index (χ3v) is 7.69. The van der Waals surface area contributed by atoms with Crippen molar-refractivity contribution in [2.45, 2.75) is 34.1 Å². The predicted octanol–water partition coefficient (Wildman–Crippen LogP) is 6.87. The number of hydrogen-bond acceptors (Lipinski definition) is 7. The second-order valence-corrected chi connectivity index (χ2v) is 12.1. The molecule has 0 bridgehead atoms. The minimum atomic E-state index is -0.111. The van der Waals surface area contributed by atoms with Gasteiger partial charge in [-0.3, -0.25) is 29.6 Å². The van der Waals surface area contributed by atoms with Crippen LogP contribution in [0.15, 0.2) is 61.3 Å². The van der Waals surface area contributed by atoms with Crippen LogP contribution >= 0.6 is 11.3 Å². The zero-order valence-electron chi connectivity index (χ0n) is 22.5. The summed E-state index contributed by atoms with van der Waals surface area (Å²) in [7, 11) is 0. The quantitative estimate of drug-likeness (QED) is 0.194. The number of carbonyl (C=O) groups is 2. The molecule has 200 valence electrons. The van der Waals surface area contributed by atoms with E-state index in [4.69, 9.17) is 0 Å². The average molecular weight is 550 g/mol. The molecule has 1 amide bonds. The standard InChI is InChI=1S/C30H27N7O2S/c1-16(38)26-5-6-27(40-26)21-13-32-14-24-19(21)8-23(35-24)29-20-9-22(33-15-25(20)36-37-29)17-7-18(12-31-11-17)34-28(39)10-30(2,3)4/h5-9,11-15,35H,10H2,1-4H3,(H,34,39)(H,36,37). The number of H-pyrrole nitrogens is 2. The van der Waals surface area contributed by atoms with Crippen LogP contribution in [0.3, 0.4) is 0 Å². The lowest BCUT2D eigenvalue weighted by Crippen LogP contribution is -2.19. The number of pyridine rings is 3. The zero-order chi connectivity index (χ0) is 28.0. The number of thiophene rings is 1. The van der Waals surface area contributed by atoms with Gasteiger partial charge in [-0.05, 0) is 42.7 Å². The Morgan fingerprint density at radius 2 is 1.77 bits per heavy atom. The predicted molar refractivity (Wildman–Crippen MR) is 158 cm³/mol. The monoisotopic (exact) mass is 549 g/mol. The lowest BCUT2D eigenvalue weighted by molar-refractivity contribution is -0.117. The molecule has 0 saturated carbocycles. The number of Topliss-reactive ketones (excluding diaryl/α,β-unsaturated/α-hetero) is 1. The smallest absolute Gasteiger partial charge is 0.224 e. The van der Waals surface area contributed by atoms with Gasteiger partial charge >= 0.3 is 0 Å². The topological polar surface area (TPSA) is 129 Å². The number of amides is 1. The van der Waals surface area contributed by atoms with Crippen LogP contribution in [0, 0.1) is 5.41 Å². The number of aromatic nitrogens is 6. The van der Waals surface area contributed by atoms with Crippen molar-refractivity contribution in [3.8, 4) is 33.1 Å². The lowest BCUT2D eigenvalue weighted by atomic mass is 9.92. The average Bonchev–Trinajstić information content (AvgIpc) is 3.65. The fraction of sp³-hybridized carbons (Fsp3) is 0.200. The molecule has 6 heterocycles. The van der Waals surface area contributed by atoms with Gasteiger partial charge in [0.15, 0.2) is 5.78 Å². The lowest BCUT2D eigenvalue weighted by Gasteiger charge is -2.17. The normalized spacial score (nSPS) is 11.8. The van der Waals surface area contributed by atoms with Crippen molar-refractivity contribution >= 4 is 50.5 Å². The first-order valence-corrected chi connectivity index (χ1v) is 13.6. The molecule has 0 aliphatic carbocycles. The van der Waals surface area contributed by atoms with E-state index in [1.54, 1.807) is 31.7 Å². The Hall–Kier alpha value is -4.70. The number of anilines is 1. The molecule has 9 nitrogen and oxygen atoms in total.